The van der Waals surface area contributed by atoms with Crippen LogP contribution in [0.25, 0.3) is 0 Å². The van der Waals surface area contributed by atoms with Crippen molar-refractivity contribution < 1.29 is 14.6 Å². The number of hydrogen-bond donors (Lipinski definition) is 1. The summed E-state index contributed by atoms with van der Waals surface area (Å²) < 4.78 is 6.40. The predicted octanol–water partition coefficient (Wildman–Crippen LogP) is 2.78. The molecule has 1 saturated carbocycles. The molecule has 1 aromatic rings. The Morgan fingerprint density at radius 3 is 2.15 bits per heavy atom. The van der Waals surface area contributed by atoms with Gasteiger partial charge >= 0.3 is 5.97 Å². The van der Waals surface area contributed by atoms with Crippen molar-refractivity contribution in [2.24, 2.45) is 0 Å². The van der Waals surface area contributed by atoms with Crippen LogP contribution in [0.4, 0.5) is 5.69 Å². The topological polar surface area (TPSA) is 65.9 Å². The van der Waals surface area contributed by atoms with E-state index in [2.05, 4.69) is 14.8 Å². The Morgan fingerprint density at radius 1 is 1.00 bits per heavy atom. The second-order valence-electron chi connectivity index (χ2n) is 7.85. The van der Waals surface area contributed by atoms with Gasteiger partial charge in [0.15, 0.2) is 0 Å². The van der Waals surface area contributed by atoms with E-state index in [1.54, 1.807) is 12.3 Å². The molecular formula is C20H29N3O3. The highest BCUT2D eigenvalue weighted by atomic mass is 16.5. The molecule has 0 radical (unpaired) electrons. The molecule has 26 heavy (non-hydrogen) atoms. The highest BCUT2D eigenvalue weighted by Gasteiger charge is 2.30. The molecule has 3 fully saturated rings. The van der Waals surface area contributed by atoms with E-state index in [9.17, 15) is 4.79 Å². The van der Waals surface area contributed by atoms with Gasteiger partial charge in [0.2, 0.25) is 0 Å². The summed E-state index contributed by atoms with van der Waals surface area (Å²) in [6.45, 7) is 4.30. The Morgan fingerprint density at radius 2 is 1.65 bits per heavy atom. The first-order chi connectivity index (χ1) is 12.7. The fourth-order valence-electron chi connectivity index (χ4n) is 4.35. The molecule has 1 N–H and O–H groups in total. The summed E-state index contributed by atoms with van der Waals surface area (Å²) in [6.07, 6.45) is 11.1. The van der Waals surface area contributed by atoms with Crippen LogP contribution in [-0.2, 0) is 4.74 Å². The molecular weight excluding hydrogens is 330 g/mol. The second-order valence-corrected chi connectivity index (χ2v) is 7.85. The van der Waals surface area contributed by atoms with Crippen molar-refractivity contribution in [1.82, 2.24) is 9.88 Å². The monoisotopic (exact) mass is 359 g/mol. The molecule has 4 rings (SSSR count). The number of likely N-dealkylation sites (tertiary alicyclic amines) is 1. The van der Waals surface area contributed by atoms with Crippen LogP contribution in [0.2, 0.25) is 0 Å². The second kappa shape index (κ2) is 7.92. The number of piperidine rings is 2. The van der Waals surface area contributed by atoms with Crippen LogP contribution < -0.4 is 4.90 Å². The van der Waals surface area contributed by atoms with Gasteiger partial charge in [0.05, 0.1) is 24.1 Å². The van der Waals surface area contributed by atoms with E-state index < -0.39 is 5.97 Å². The summed E-state index contributed by atoms with van der Waals surface area (Å²) in [4.78, 5) is 19.9. The first-order valence-electron chi connectivity index (χ1n) is 10.0. The Bertz CT molecular complexity index is 601. The van der Waals surface area contributed by atoms with Crippen LogP contribution in [-0.4, -0.2) is 65.4 Å². The van der Waals surface area contributed by atoms with Gasteiger partial charge in [-0.2, -0.15) is 0 Å². The lowest BCUT2D eigenvalue weighted by molar-refractivity contribution is -0.0598. The maximum Gasteiger partial charge on any atom is 0.354 e. The third kappa shape index (κ3) is 4.01. The van der Waals surface area contributed by atoms with Crippen LogP contribution in [0.3, 0.4) is 0 Å². The van der Waals surface area contributed by atoms with Crippen molar-refractivity contribution in [2.45, 2.75) is 63.2 Å². The minimum Gasteiger partial charge on any atom is -0.477 e. The molecule has 6 heteroatoms. The zero-order valence-electron chi connectivity index (χ0n) is 15.3. The number of carbonyl (C=O) groups is 1. The summed E-state index contributed by atoms with van der Waals surface area (Å²) in [6, 6.07) is 4.30. The van der Waals surface area contributed by atoms with E-state index in [4.69, 9.17) is 9.84 Å². The number of carboxylic acids is 1. The predicted molar refractivity (Wildman–Crippen MR) is 99.8 cm³/mol. The molecule has 1 aromatic heterocycles. The fraction of sp³-hybridized carbons (Fsp3) is 0.700. The van der Waals surface area contributed by atoms with Gasteiger partial charge in [-0.25, -0.2) is 9.78 Å². The quantitative estimate of drug-likeness (QED) is 0.872. The van der Waals surface area contributed by atoms with E-state index in [1.165, 1.54) is 45.2 Å². The number of ether oxygens (including phenoxy) is 1. The van der Waals surface area contributed by atoms with Crippen molar-refractivity contribution in [3.63, 3.8) is 0 Å². The average Bonchev–Trinajstić information content (AvgIpc) is 2.63. The Labute approximate surface area is 155 Å². The van der Waals surface area contributed by atoms with Gasteiger partial charge < -0.3 is 19.6 Å². The molecule has 0 bridgehead atoms. The van der Waals surface area contributed by atoms with Gasteiger partial charge in [0, 0.05) is 32.2 Å². The van der Waals surface area contributed by atoms with E-state index >= 15 is 0 Å². The van der Waals surface area contributed by atoms with Gasteiger partial charge in [-0.15, -0.1) is 0 Å². The Kier molecular flexibility index (Phi) is 5.41. The van der Waals surface area contributed by atoms with Crippen LogP contribution in [0, 0.1) is 0 Å². The van der Waals surface area contributed by atoms with Crippen molar-refractivity contribution in [3.8, 4) is 0 Å². The summed E-state index contributed by atoms with van der Waals surface area (Å²) in [5.41, 5.74) is 1.10. The largest absolute Gasteiger partial charge is 0.477 e. The van der Waals surface area contributed by atoms with Gasteiger partial charge in [-0.1, -0.05) is 6.42 Å². The van der Waals surface area contributed by atoms with Crippen molar-refractivity contribution in [3.05, 3.63) is 24.0 Å². The molecule has 3 aliphatic rings. The van der Waals surface area contributed by atoms with E-state index in [1.807, 2.05) is 6.07 Å². The molecule has 0 atom stereocenters. The first-order valence-corrected chi connectivity index (χ1v) is 10.0. The molecule has 0 spiro atoms. The summed E-state index contributed by atoms with van der Waals surface area (Å²) in [5.74, 6) is -0.980. The van der Waals surface area contributed by atoms with Gasteiger partial charge in [-0.05, 0) is 50.7 Å². The highest BCUT2D eigenvalue weighted by Crippen LogP contribution is 2.29. The highest BCUT2D eigenvalue weighted by molar-refractivity contribution is 5.85. The minimum absolute atomic E-state index is 0.0974. The number of rotatable bonds is 5. The van der Waals surface area contributed by atoms with Gasteiger partial charge in [0.1, 0.15) is 5.69 Å². The van der Waals surface area contributed by atoms with Crippen LogP contribution in [0.1, 0.15) is 55.4 Å². The molecule has 0 unspecified atom stereocenters. The average molecular weight is 359 g/mol. The minimum atomic E-state index is -0.980. The van der Waals surface area contributed by atoms with Crippen molar-refractivity contribution in [2.75, 3.05) is 31.1 Å². The van der Waals surface area contributed by atoms with E-state index in [-0.39, 0.29) is 5.69 Å². The Balaban J connectivity index is 1.21. The third-order valence-electron chi connectivity index (χ3n) is 6.23. The number of carboxylic acid groups (broad SMARTS) is 1. The summed E-state index contributed by atoms with van der Waals surface area (Å²) in [7, 11) is 0. The Hall–Kier alpha value is -1.66. The molecule has 0 aromatic carbocycles. The smallest absolute Gasteiger partial charge is 0.354 e. The van der Waals surface area contributed by atoms with Crippen molar-refractivity contribution in [1.29, 1.82) is 0 Å². The van der Waals surface area contributed by atoms with E-state index in [0.29, 0.717) is 12.2 Å². The lowest BCUT2D eigenvalue weighted by Gasteiger charge is -2.43. The molecule has 2 aliphatic heterocycles. The molecule has 6 nitrogen and oxygen atoms in total. The zero-order valence-corrected chi connectivity index (χ0v) is 15.3. The lowest BCUT2D eigenvalue weighted by Crippen LogP contribution is -2.47. The molecule has 1 aliphatic carbocycles. The number of pyridine rings is 1. The van der Waals surface area contributed by atoms with Crippen LogP contribution >= 0.6 is 0 Å². The maximum atomic E-state index is 10.9. The van der Waals surface area contributed by atoms with Gasteiger partial charge in [-0.3, -0.25) is 0 Å². The number of aromatic nitrogens is 1. The van der Waals surface area contributed by atoms with E-state index in [0.717, 1.165) is 37.7 Å². The van der Waals surface area contributed by atoms with Crippen molar-refractivity contribution >= 4 is 11.7 Å². The third-order valence-corrected chi connectivity index (χ3v) is 6.23. The number of hydrogen-bond acceptors (Lipinski definition) is 5. The maximum absolute atomic E-state index is 10.9. The van der Waals surface area contributed by atoms with Gasteiger partial charge in [0.25, 0.3) is 0 Å². The molecule has 142 valence electrons. The number of aromatic carboxylic acids is 1. The normalized spacial score (nSPS) is 23.8. The molecule has 0 amide bonds. The molecule has 3 heterocycles. The SMILES string of the molecule is O=C(O)c1ccc(N2CCC(OC3CCN(C4CCC4)CC3)CC2)cn1. The summed E-state index contributed by atoms with van der Waals surface area (Å²) >= 11 is 0. The summed E-state index contributed by atoms with van der Waals surface area (Å²) in [5, 5.41) is 8.94. The number of nitrogens with zero attached hydrogens (tertiary/aromatic N) is 3. The lowest BCUT2D eigenvalue weighted by atomic mass is 9.89. The first kappa shape index (κ1) is 17.7. The molecule has 2 saturated heterocycles. The number of anilines is 1. The van der Waals surface area contributed by atoms with Crippen LogP contribution in [0.5, 0.6) is 0 Å². The van der Waals surface area contributed by atoms with Crippen LogP contribution in [0.15, 0.2) is 18.3 Å². The zero-order chi connectivity index (χ0) is 17.9. The standard InChI is InChI=1S/C20H29N3O3/c24-20(25)19-5-4-16(14-21-19)23-12-8-18(9-13-23)26-17-6-10-22(11-7-17)15-2-1-3-15/h4-5,14-15,17-18H,1-3,6-13H2,(H,24,25). The fourth-order valence-corrected chi connectivity index (χ4v) is 4.35.